The number of hydrogen-bond donors (Lipinski definition) is 0. The highest BCUT2D eigenvalue weighted by Gasteiger charge is 2.52. The number of ether oxygens (including phenoxy) is 3. The van der Waals surface area contributed by atoms with Crippen LogP contribution in [-0.2, 0) is 23.8 Å². The smallest absolute Gasteiger partial charge is 0.339 e. The summed E-state index contributed by atoms with van der Waals surface area (Å²) < 4.78 is 15.7. The second-order valence-corrected chi connectivity index (χ2v) is 5.60. The number of rotatable bonds is 6. The zero-order valence-corrected chi connectivity index (χ0v) is 12.3. The zero-order valence-electron chi connectivity index (χ0n) is 12.3. The second kappa shape index (κ2) is 6.37. The summed E-state index contributed by atoms with van der Waals surface area (Å²) in [5.74, 6) is -0.901. The number of methoxy groups -OCH3 is 1. The van der Waals surface area contributed by atoms with Crippen molar-refractivity contribution >= 4 is 11.9 Å². The predicted molar refractivity (Wildman–Crippen MR) is 69.6 cm³/mol. The molecule has 5 nitrogen and oxygen atoms in total. The van der Waals surface area contributed by atoms with Gasteiger partial charge in [0.05, 0.1) is 25.7 Å². The zero-order chi connectivity index (χ0) is 14.5. The lowest BCUT2D eigenvalue weighted by molar-refractivity contribution is -0.183. The lowest BCUT2D eigenvalue weighted by atomic mass is 9.94. The van der Waals surface area contributed by atoms with Gasteiger partial charge in [0.15, 0.2) is 5.60 Å². The molecule has 1 fully saturated rings. The van der Waals surface area contributed by atoms with Gasteiger partial charge in [0.2, 0.25) is 0 Å². The minimum Gasteiger partial charge on any atom is -0.469 e. The molecule has 0 aromatic carbocycles. The average molecular weight is 272 g/mol. The molecule has 1 aliphatic heterocycles. The Bertz CT molecular complexity index is 337. The van der Waals surface area contributed by atoms with E-state index in [1.807, 2.05) is 20.8 Å². The van der Waals surface area contributed by atoms with Crippen LogP contribution in [0.25, 0.3) is 0 Å². The monoisotopic (exact) mass is 272 g/mol. The van der Waals surface area contributed by atoms with Gasteiger partial charge in [-0.3, -0.25) is 4.79 Å². The van der Waals surface area contributed by atoms with E-state index in [1.54, 1.807) is 0 Å². The van der Waals surface area contributed by atoms with E-state index in [0.717, 1.165) is 12.8 Å². The standard InChI is InChI=1S/C14H24O5/c1-5-6-9-18-12(16)14(10-11(15)17-4)8-7-13(2,3)19-14/h5-10H2,1-4H3/t14-/m1/s1. The van der Waals surface area contributed by atoms with Gasteiger partial charge < -0.3 is 14.2 Å². The number of carbonyl (C=O) groups excluding carboxylic acids is 2. The van der Waals surface area contributed by atoms with E-state index in [9.17, 15) is 9.59 Å². The molecule has 0 bridgehead atoms. The molecule has 0 amide bonds. The lowest BCUT2D eigenvalue weighted by Gasteiger charge is -2.28. The van der Waals surface area contributed by atoms with E-state index in [2.05, 4.69) is 4.74 Å². The van der Waals surface area contributed by atoms with Gasteiger partial charge in [-0.15, -0.1) is 0 Å². The average Bonchev–Trinajstić information content (AvgIpc) is 2.66. The molecule has 0 N–H and O–H groups in total. The van der Waals surface area contributed by atoms with Crippen LogP contribution in [0.3, 0.4) is 0 Å². The highest BCUT2D eigenvalue weighted by molar-refractivity contribution is 5.86. The molecule has 110 valence electrons. The van der Waals surface area contributed by atoms with Gasteiger partial charge in [0, 0.05) is 0 Å². The molecule has 1 atom stereocenters. The van der Waals surface area contributed by atoms with Crippen molar-refractivity contribution in [1.82, 2.24) is 0 Å². The molecule has 19 heavy (non-hydrogen) atoms. The van der Waals surface area contributed by atoms with Crippen LogP contribution in [0.2, 0.25) is 0 Å². The first-order valence-electron chi connectivity index (χ1n) is 6.79. The molecule has 1 heterocycles. The lowest BCUT2D eigenvalue weighted by Crippen LogP contribution is -2.44. The molecule has 0 saturated carbocycles. The Labute approximate surface area is 114 Å². The Kier molecular flexibility index (Phi) is 5.35. The highest BCUT2D eigenvalue weighted by atomic mass is 16.6. The van der Waals surface area contributed by atoms with E-state index < -0.39 is 23.1 Å². The van der Waals surface area contributed by atoms with Crippen LogP contribution in [0.4, 0.5) is 0 Å². The van der Waals surface area contributed by atoms with Gasteiger partial charge in [0.25, 0.3) is 0 Å². The summed E-state index contributed by atoms with van der Waals surface area (Å²) in [6.07, 6.45) is 2.87. The summed E-state index contributed by atoms with van der Waals surface area (Å²) in [6, 6.07) is 0. The van der Waals surface area contributed by atoms with Crippen LogP contribution in [0.15, 0.2) is 0 Å². The topological polar surface area (TPSA) is 61.8 Å². The van der Waals surface area contributed by atoms with E-state index in [1.165, 1.54) is 7.11 Å². The van der Waals surface area contributed by atoms with Gasteiger partial charge in [-0.2, -0.15) is 0 Å². The maximum atomic E-state index is 12.2. The fourth-order valence-corrected chi connectivity index (χ4v) is 2.22. The first-order valence-corrected chi connectivity index (χ1v) is 6.79. The van der Waals surface area contributed by atoms with Crippen LogP contribution in [0.5, 0.6) is 0 Å². The minimum atomic E-state index is -1.18. The van der Waals surface area contributed by atoms with Crippen molar-refractivity contribution in [2.45, 2.75) is 64.1 Å². The van der Waals surface area contributed by atoms with Crippen LogP contribution < -0.4 is 0 Å². The summed E-state index contributed by atoms with van der Waals surface area (Å²) in [6.45, 7) is 6.20. The third kappa shape index (κ3) is 4.20. The van der Waals surface area contributed by atoms with E-state index >= 15 is 0 Å². The van der Waals surface area contributed by atoms with Crippen LogP contribution in [0.1, 0.15) is 52.9 Å². The van der Waals surface area contributed by atoms with Crippen LogP contribution in [0, 0.1) is 0 Å². The number of unbranched alkanes of at least 4 members (excludes halogenated alkanes) is 1. The Morgan fingerprint density at radius 2 is 1.95 bits per heavy atom. The highest BCUT2D eigenvalue weighted by Crippen LogP contribution is 2.40. The van der Waals surface area contributed by atoms with Gasteiger partial charge in [-0.25, -0.2) is 4.79 Å². The van der Waals surface area contributed by atoms with Crippen LogP contribution >= 0.6 is 0 Å². The maximum Gasteiger partial charge on any atom is 0.339 e. The molecule has 0 aliphatic carbocycles. The molecule has 1 aliphatic rings. The van der Waals surface area contributed by atoms with Crippen molar-refractivity contribution in [3.8, 4) is 0 Å². The summed E-state index contributed by atoms with van der Waals surface area (Å²) >= 11 is 0. The van der Waals surface area contributed by atoms with Gasteiger partial charge in [-0.05, 0) is 33.1 Å². The van der Waals surface area contributed by atoms with Crippen molar-refractivity contribution in [3.05, 3.63) is 0 Å². The molecule has 1 saturated heterocycles. The van der Waals surface area contributed by atoms with E-state index in [0.29, 0.717) is 19.4 Å². The molecule has 0 aromatic rings. The Morgan fingerprint density at radius 3 is 2.42 bits per heavy atom. The van der Waals surface area contributed by atoms with Crippen molar-refractivity contribution in [3.63, 3.8) is 0 Å². The van der Waals surface area contributed by atoms with Crippen molar-refractivity contribution in [1.29, 1.82) is 0 Å². The number of carbonyl (C=O) groups is 2. The maximum absolute atomic E-state index is 12.2. The Morgan fingerprint density at radius 1 is 1.26 bits per heavy atom. The third-order valence-electron chi connectivity index (χ3n) is 3.36. The third-order valence-corrected chi connectivity index (χ3v) is 3.36. The largest absolute Gasteiger partial charge is 0.469 e. The number of esters is 2. The molecule has 0 radical (unpaired) electrons. The quantitative estimate of drug-likeness (QED) is 0.548. The van der Waals surface area contributed by atoms with Crippen molar-refractivity contribution < 1.29 is 23.8 Å². The summed E-state index contributed by atoms with van der Waals surface area (Å²) in [4.78, 5) is 23.7. The van der Waals surface area contributed by atoms with E-state index in [4.69, 9.17) is 9.47 Å². The fourth-order valence-electron chi connectivity index (χ4n) is 2.22. The molecular weight excluding hydrogens is 248 g/mol. The van der Waals surface area contributed by atoms with Gasteiger partial charge in [-0.1, -0.05) is 13.3 Å². The molecular formula is C14H24O5. The molecule has 0 unspecified atom stereocenters. The first kappa shape index (κ1) is 16.0. The second-order valence-electron chi connectivity index (χ2n) is 5.60. The Balaban J connectivity index is 2.75. The van der Waals surface area contributed by atoms with Gasteiger partial charge >= 0.3 is 11.9 Å². The SMILES string of the molecule is CCCCOC(=O)[C@]1(CC(=O)OC)CCC(C)(C)O1. The Hall–Kier alpha value is -1.10. The predicted octanol–water partition coefficient (Wildman–Crippen LogP) is 2.22. The minimum absolute atomic E-state index is 0.0854. The summed E-state index contributed by atoms with van der Waals surface area (Å²) in [5.41, 5.74) is -1.60. The van der Waals surface area contributed by atoms with Crippen molar-refractivity contribution in [2.75, 3.05) is 13.7 Å². The van der Waals surface area contributed by atoms with Crippen LogP contribution in [-0.4, -0.2) is 36.9 Å². The van der Waals surface area contributed by atoms with Gasteiger partial charge in [0.1, 0.15) is 0 Å². The molecule has 1 rings (SSSR count). The summed E-state index contributed by atoms with van der Waals surface area (Å²) in [5, 5.41) is 0. The fraction of sp³-hybridized carbons (Fsp3) is 0.857. The normalized spacial score (nSPS) is 25.1. The summed E-state index contributed by atoms with van der Waals surface area (Å²) in [7, 11) is 1.30. The first-order chi connectivity index (χ1) is 8.85. The molecule has 0 aromatic heterocycles. The molecule has 0 spiro atoms. The molecule has 5 heteroatoms. The van der Waals surface area contributed by atoms with E-state index in [-0.39, 0.29) is 6.42 Å². The number of hydrogen-bond acceptors (Lipinski definition) is 5. The van der Waals surface area contributed by atoms with Crippen molar-refractivity contribution in [2.24, 2.45) is 0 Å².